The van der Waals surface area contributed by atoms with Gasteiger partial charge in [0.2, 0.25) is 0 Å². The number of hydrogen-bond acceptors (Lipinski definition) is 3. The maximum Gasteiger partial charge on any atom is 0.328 e. The Morgan fingerprint density at radius 2 is 2.05 bits per heavy atom. The Kier molecular flexibility index (Phi) is 4.15. The molecule has 20 heavy (non-hydrogen) atoms. The van der Waals surface area contributed by atoms with Gasteiger partial charge in [-0.15, -0.1) is 0 Å². The minimum Gasteiger partial charge on any atom is -0.478 e. The summed E-state index contributed by atoms with van der Waals surface area (Å²) in [6.07, 6.45) is 4.33. The zero-order valence-electron chi connectivity index (χ0n) is 11.3. The van der Waals surface area contributed by atoms with Crippen molar-refractivity contribution in [1.29, 1.82) is 0 Å². The van der Waals surface area contributed by atoms with Crippen molar-refractivity contribution < 1.29 is 14.6 Å². The maximum absolute atomic E-state index is 10.5. The molecule has 1 heterocycles. The van der Waals surface area contributed by atoms with Gasteiger partial charge in [0.15, 0.2) is 0 Å². The molecule has 2 aromatic rings. The molecule has 102 valence electrons. The summed E-state index contributed by atoms with van der Waals surface area (Å²) in [5.41, 5.74) is 2.68. The smallest absolute Gasteiger partial charge is 0.328 e. The van der Waals surface area contributed by atoms with Crippen molar-refractivity contribution in [3.05, 3.63) is 59.4 Å². The highest BCUT2D eigenvalue weighted by atomic mass is 16.5. The average molecular weight is 269 g/mol. The van der Waals surface area contributed by atoms with Crippen LogP contribution in [-0.2, 0) is 4.79 Å². The second-order valence-electron chi connectivity index (χ2n) is 4.43. The monoisotopic (exact) mass is 269 g/mol. The zero-order chi connectivity index (χ0) is 14.5. The Morgan fingerprint density at radius 3 is 2.65 bits per heavy atom. The average Bonchev–Trinajstić information content (AvgIpc) is 2.41. The summed E-state index contributed by atoms with van der Waals surface area (Å²) in [5, 5.41) is 8.60. The third-order valence-corrected chi connectivity index (χ3v) is 2.73. The summed E-state index contributed by atoms with van der Waals surface area (Å²) >= 11 is 0. The van der Waals surface area contributed by atoms with Crippen LogP contribution in [0.15, 0.2) is 42.6 Å². The first-order chi connectivity index (χ1) is 9.54. The van der Waals surface area contributed by atoms with Crippen LogP contribution in [0.1, 0.15) is 16.8 Å². The van der Waals surface area contributed by atoms with Gasteiger partial charge in [0.1, 0.15) is 11.5 Å². The molecule has 0 aliphatic heterocycles. The zero-order valence-corrected chi connectivity index (χ0v) is 11.3. The SMILES string of the molecule is Cc1ccc(Oc2ccc(C=CC(=O)O)cc2C)cn1. The minimum absolute atomic E-state index is 0.674. The topological polar surface area (TPSA) is 59.4 Å². The van der Waals surface area contributed by atoms with Gasteiger partial charge < -0.3 is 9.84 Å². The van der Waals surface area contributed by atoms with Crippen molar-refractivity contribution in [3.63, 3.8) is 0 Å². The summed E-state index contributed by atoms with van der Waals surface area (Å²) in [6.45, 7) is 3.83. The lowest BCUT2D eigenvalue weighted by Crippen LogP contribution is -1.90. The number of carboxylic acids is 1. The van der Waals surface area contributed by atoms with Gasteiger partial charge in [0, 0.05) is 11.8 Å². The van der Waals surface area contributed by atoms with E-state index in [2.05, 4.69) is 4.98 Å². The van der Waals surface area contributed by atoms with Crippen molar-refractivity contribution in [3.8, 4) is 11.5 Å². The fourth-order valence-electron chi connectivity index (χ4n) is 1.70. The number of carbonyl (C=O) groups is 1. The van der Waals surface area contributed by atoms with Crippen LogP contribution in [0, 0.1) is 13.8 Å². The van der Waals surface area contributed by atoms with E-state index in [1.165, 1.54) is 0 Å². The molecule has 0 atom stereocenters. The van der Waals surface area contributed by atoms with E-state index in [0.29, 0.717) is 5.75 Å². The molecule has 0 aliphatic rings. The van der Waals surface area contributed by atoms with E-state index < -0.39 is 5.97 Å². The fourth-order valence-corrected chi connectivity index (χ4v) is 1.70. The molecule has 0 radical (unpaired) electrons. The van der Waals surface area contributed by atoms with Crippen LogP contribution in [-0.4, -0.2) is 16.1 Å². The molecule has 1 aromatic heterocycles. The molecule has 4 nitrogen and oxygen atoms in total. The van der Waals surface area contributed by atoms with E-state index in [-0.39, 0.29) is 0 Å². The van der Waals surface area contributed by atoms with Crippen LogP contribution in [0.3, 0.4) is 0 Å². The van der Waals surface area contributed by atoms with Crippen LogP contribution in [0.5, 0.6) is 11.5 Å². The lowest BCUT2D eigenvalue weighted by Gasteiger charge is -2.09. The van der Waals surface area contributed by atoms with Crippen LogP contribution >= 0.6 is 0 Å². The largest absolute Gasteiger partial charge is 0.478 e. The maximum atomic E-state index is 10.5. The molecule has 2 rings (SSSR count). The Bertz CT molecular complexity index is 645. The summed E-state index contributed by atoms with van der Waals surface area (Å²) in [5.74, 6) is 0.435. The lowest BCUT2D eigenvalue weighted by atomic mass is 10.1. The number of rotatable bonds is 4. The van der Waals surface area contributed by atoms with E-state index in [1.807, 2.05) is 44.2 Å². The number of carboxylic acid groups (broad SMARTS) is 1. The van der Waals surface area contributed by atoms with Crippen molar-refractivity contribution in [2.45, 2.75) is 13.8 Å². The van der Waals surface area contributed by atoms with E-state index in [0.717, 1.165) is 28.6 Å². The van der Waals surface area contributed by atoms with Crippen molar-refractivity contribution >= 4 is 12.0 Å². The summed E-state index contributed by atoms with van der Waals surface area (Å²) in [7, 11) is 0. The number of pyridine rings is 1. The van der Waals surface area contributed by atoms with Gasteiger partial charge in [0.25, 0.3) is 0 Å². The number of ether oxygens (including phenoxy) is 1. The minimum atomic E-state index is -0.964. The van der Waals surface area contributed by atoms with E-state index in [4.69, 9.17) is 9.84 Å². The first-order valence-electron chi connectivity index (χ1n) is 6.17. The molecule has 1 aromatic carbocycles. The molecule has 0 saturated carbocycles. The van der Waals surface area contributed by atoms with Crippen LogP contribution < -0.4 is 4.74 Å². The Balaban J connectivity index is 2.17. The van der Waals surface area contributed by atoms with Crippen molar-refractivity contribution in [2.24, 2.45) is 0 Å². The van der Waals surface area contributed by atoms with Gasteiger partial charge in [-0.3, -0.25) is 4.98 Å². The van der Waals surface area contributed by atoms with Crippen molar-refractivity contribution in [2.75, 3.05) is 0 Å². The molecule has 0 fully saturated rings. The predicted molar refractivity (Wildman–Crippen MR) is 76.9 cm³/mol. The molecule has 0 spiro atoms. The Hall–Kier alpha value is -2.62. The standard InChI is InChI=1S/C16H15NO3/c1-11-9-13(5-8-16(18)19)4-7-15(11)20-14-6-3-12(2)17-10-14/h3-10H,1-2H3,(H,18,19). The van der Waals surface area contributed by atoms with Crippen LogP contribution in [0.4, 0.5) is 0 Å². The molecule has 0 aliphatic carbocycles. The molecular weight excluding hydrogens is 254 g/mol. The van der Waals surface area contributed by atoms with Gasteiger partial charge in [-0.05, 0) is 55.3 Å². The molecule has 0 bridgehead atoms. The quantitative estimate of drug-likeness (QED) is 0.862. The highest BCUT2D eigenvalue weighted by Crippen LogP contribution is 2.25. The summed E-state index contributed by atoms with van der Waals surface area (Å²) < 4.78 is 5.74. The first-order valence-corrected chi connectivity index (χ1v) is 6.17. The lowest BCUT2D eigenvalue weighted by molar-refractivity contribution is -0.131. The van der Waals surface area contributed by atoms with E-state index in [9.17, 15) is 4.79 Å². The third kappa shape index (κ3) is 3.68. The first kappa shape index (κ1) is 13.8. The third-order valence-electron chi connectivity index (χ3n) is 2.73. The molecule has 4 heteroatoms. The van der Waals surface area contributed by atoms with Gasteiger partial charge in [-0.25, -0.2) is 4.79 Å². The highest BCUT2D eigenvalue weighted by molar-refractivity contribution is 5.85. The predicted octanol–water partition coefficient (Wildman–Crippen LogP) is 3.59. The summed E-state index contributed by atoms with van der Waals surface area (Å²) in [4.78, 5) is 14.6. The van der Waals surface area contributed by atoms with Crippen molar-refractivity contribution in [1.82, 2.24) is 4.98 Å². The Labute approximate surface area is 117 Å². The van der Waals surface area contributed by atoms with Gasteiger partial charge in [-0.2, -0.15) is 0 Å². The van der Waals surface area contributed by atoms with E-state index in [1.54, 1.807) is 12.3 Å². The van der Waals surface area contributed by atoms with E-state index >= 15 is 0 Å². The molecule has 0 unspecified atom stereocenters. The second-order valence-corrected chi connectivity index (χ2v) is 4.43. The van der Waals surface area contributed by atoms with Crippen LogP contribution in [0.25, 0.3) is 6.08 Å². The molecule has 0 saturated heterocycles. The van der Waals surface area contributed by atoms with Gasteiger partial charge >= 0.3 is 5.97 Å². The number of nitrogens with zero attached hydrogens (tertiary/aromatic N) is 1. The number of aryl methyl sites for hydroxylation is 2. The number of aliphatic carboxylic acids is 1. The summed E-state index contributed by atoms with van der Waals surface area (Å²) in [6, 6.07) is 9.24. The normalized spacial score (nSPS) is 10.7. The number of aromatic nitrogens is 1. The number of hydrogen-bond donors (Lipinski definition) is 1. The molecular formula is C16H15NO3. The highest BCUT2D eigenvalue weighted by Gasteiger charge is 2.02. The van der Waals surface area contributed by atoms with Gasteiger partial charge in [-0.1, -0.05) is 6.07 Å². The fraction of sp³-hybridized carbons (Fsp3) is 0.125. The Morgan fingerprint density at radius 1 is 1.25 bits per heavy atom. The molecule has 0 amide bonds. The second kappa shape index (κ2) is 6.02. The molecule has 1 N–H and O–H groups in total. The van der Waals surface area contributed by atoms with Gasteiger partial charge in [0.05, 0.1) is 6.20 Å². The van der Waals surface area contributed by atoms with Crippen LogP contribution in [0.2, 0.25) is 0 Å². The number of benzene rings is 1.